The summed E-state index contributed by atoms with van der Waals surface area (Å²) in [5.74, 6) is 0.769. The average Bonchev–Trinajstić information content (AvgIpc) is 3.23. The summed E-state index contributed by atoms with van der Waals surface area (Å²) in [5, 5.41) is 5.85. The number of aryl methyl sites for hydroxylation is 1. The third-order valence-corrected chi connectivity index (χ3v) is 4.94. The predicted octanol–water partition coefficient (Wildman–Crippen LogP) is 3.86. The summed E-state index contributed by atoms with van der Waals surface area (Å²) < 4.78 is 10.7. The Labute approximate surface area is 174 Å². The molecule has 1 aromatic heterocycles. The largest absolute Gasteiger partial charge is 0.454 e. The maximum atomic E-state index is 13.0. The van der Waals surface area contributed by atoms with Gasteiger partial charge in [0.25, 0.3) is 11.8 Å². The molecule has 7 heteroatoms. The number of hydrogen-bond donors (Lipinski definition) is 2. The van der Waals surface area contributed by atoms with Crippen molar-refractivity contribution in [3.05, 3.63) is 83.2 Å². The molecular formula is C23H21N3O4. The maximum Gasteiger partial charge on any atom is 0.255 e. The third kappa shape index (κ3) is 3.96. The van der Waals surface area contributed by atoms with E-state index in [9.17, 15) is 9.59 Å². The molecular weight excluding hydrogens is 382 g/mol. The number of carbonyl (C=O) groups excluding carboxylic acids is 2. The number of pyridine rings is 1. The Bertz CT molecular complexity index is 1100. The second-order valence-corrected chi connectivity index (χ2v) is 7.00. The monoisotopic (exact) mass is 403 g/mol. The molecule has 152 valence electrons. The van der Waals surface area contributed by atoms with Crippen molar-refractivity contribution >= 4 is 17.5 Å². The highest BCUT2D eigenvalue weighted by atomic mass is 16.7. The average molecular weight is 403 g/mol. The van der Waals surface area contributed by atoms with E-state index in [1.54, 1.807) is 36.7 Å². The quantitative estimate of drug-likeness (QED) is 0.675. The summed E-state index contributed by atoms with van der Waals surface area (Å²) in [6.45, 7) is 3.93. The van der Waals surface area contributed by atoms with Gasteiger partial charge in [-0.3, -0.25) is 14.6 Å². The minimum atomic E-state index is -0.301. The highest BCUT2D eigenvalue weighted by molar-refractivity contribution is 6.09. The van der Waals surface area contributed by atoms with Crippen LogP contribution in [0, 0.1) is 6.92 Å². The first kappa shape index (κ1) is 19.4. The number of nitrogens with zero attached hydrogens (tertiary/aromatic N) is 1. The van der Waals surface area contributed by atoms with Crippen LogP contribution in [0.25, 0.3) is 0 Å². The number of aromatic nitrogens is 1. The van der Waals surface area contributed by atoms with Crippen molar-refractivity contribution in [1.82, 2.24) is 10.3 Å². The Hall–Kier alpha value is -3.87. The van der Waals surface area contributed by atoms with E-state index in [1.807, 2.05) is 38.1 Å². The first-order chi connectivity index (χ1) is 14.5. The van der Waals surface area contributed by atoms with Gasteiger partial charge in [0.15, 0.2) is 11.5 Å². The smallest absolute Gasteiger partial charge is 0.255 e. The van der Waals surface area contributed by atoms with Crippen molar-refractivity contribution in [2.45, 2.75) is 19.9 Å². The number of benzene rings is 2. The van der Waals surface area contributed by atoms with Gasteiger partial charge >= 0.3 is 0 Å². The Balaban J connectivity index is 1.54. The topological polar surface area (TPSA) is 89.5 Å². The van der Waals surface area contributed by atoms with Gasteiger partial charge in [0.05, 0.1) is 17.3 Å². The lowest BCUT2D eigenvalue weighted by atomic mass is 10.0. The number of nitrogens with one attached hydrogen (secondary N) is 2. The molecule has 2 N–H and O–H groups in total. The van der Waals surface area contributed by atoms with E-state index in [0.29, 0.717) is 28.3 Å². The van der Waals surface area contributed by atoms with Gasteiger partial charge in [-0.2, -0.15) is 0 Å². The number of fused-ring (bicyclic) bond motifs is 1. The standard InChI is InChI=1S/C23H21N3O4/c1-14-4-3-5-18(21(14)26-22(27)16-8-10-24-11-9-16)23(28)25-15(2)17-6-7-19-20(12-17)30-13-29-19/h3-12,15H,13H2,1-2H3,(H,25,28)(H,26,27). The van der Waals surface area contributed by atoms with Crippen LogP contribution in [0.15, 0.2) is 60.9 Å². The Morgan fingerprint density at radius 2 is 1.77 bits per heavy atom. The SMILES string of the molecule is Cc1cccc(C(=O)NC(C)c2ccc3c(c2)OCO3)c1NC(=O)c1ccncc1. The van der Waals surface area contributed by atoms with Crippen molar-refractivity contribution in [1.29, 1.82) is 0 Å². The van der Waals surface area contributed by atoms with Gasteiger partial charge in [0.2, 0.25) is 6.79 Å². The van der Waals surface area contributed by atoms with Gasteiger partial charge in [0, 0.05) is 18.0 Å². The third-order valence-electron chi connectivity index (χ3n) is 4.94. The van der Waals surface area contributed by atoms with E-state index in [0.717, 1.165) is 11.1 Å². The molecule has 0 aliphatic carbocycles. The van der Waals surface area contributed by atoms with Gasteiger partial charge in [-0.1, -0.05) is 18.2 Å². The van der Waals surface area contributed by atoms with E-state index in [-0.39, 0.29) is 24.6 Å². The molecule has 0 radical (unpaired) electrons. The number of hydrogen-bond acceptors (Lipinski definition) is 5. The van der Waals surface area contributed by atoms with Crippen LogP contribution >= 0.6 is 0 Å². The summed E-state index contributed by atoms with van der Waals surface area (Å²) in [4.78, 5) is 29.5. The van der Waals surface area contributed by atoms with Crippen molar-refractivity contribution in [3.63, 3.8) is 0 Å². The molecule has 30 heavy (non-hydrogen) atoms. The molecule has 7 nitrogen and oxygen atoms in total. The van der Waals surface area contributed by atoms with Crippen LogP contribution in [0.2, 0.25) is 0 Å². The van der Waals surface area contributed by atoms with Crippen LogP contribution in [0.3, 0.4) is 0 Å². The number of ether oxygens (including phenoxy) is 2. The number of para-hydroxylation sites is 1. The summed E-state index contributed by atoms with van der Waals surface area (Å²) in [7, 11) is 0. The van der Waals surface area contributed by atoms with Gasteiger partial charge in [0.1, 0.15) is 0 Å². The highest BCUT2D eigenvalue weighted by Crippen LogP contribution is 2.34. The molecule has 0 saturated carbocycles. The minimum absolute atomic E-state index is 0.198. The van der Waals surface area contributed by atoms with Crippen molar-refractivity contribution in [3.8, 4) is 11.5 Å². The lowest BCUT2D eigenvalue weighted by Gasteiger charge is -2.18. The molecule has 2 amide bonds. The molecule has 1 atom stereocenters. The second kappa shape index (κ2) is 8.24. The van der Waals surface area contributed by atoms with E-state index >= 15 is 0 Å². The molecule has 2 aromatic carbocycles. The van der Waals surface area contributed by atoms with Gasteiger partial charge < -0.3 is 20.1 Å². The van der Waals surface area contributed by atoms with Crippen LogP contribution in [0.5, 0.6) is 11.5 Å². The molecule has 2 heterocycles. The molecule has 0 saturated heterocycles. The van der Waals surface area contributed by atoms with Crippen LogP contribution < -0.4 is 20.1 Å². The second-order valence-electron chi connectivity index (χ2n) is 7.00. The Morgan fingerprint density at radius 1 is 1.00 bits per heavy atom. The lowest BCUT2D eigenvalue weighted by molar-refractivity contribution is 0.0940. The molecule has 0 bridgehead atoms. The summed E-state index contributed by atoms with van der Waals surface area (Å²) in [6.07, 6.45) is 3.10. The maximum absolute atomic E-state index is 13.0. The zero-order valence-electron chi connectivity index (χ0n) is 16.6. The van der Waals surface area contributed by atoms with Gasteiger partial charge in [-0.15, -0.1) is 0 Å². The lowest BCUT2D eigenvalue weighted by Crippen LogP contribution is -2.28. The first-order valence-corrected chi connectivity index (χ1v) is 9.54. The Morgan fingerprint density at radius 3 is 2.57 bits per heavy atom. The van der Waals surface area contributed by atoms with Gasteiger partial charge in [-0.25, -0.2) is 0 Å². The summed E-state index contributed by atoms with van der Waals surface area (Å²) in [6, 6.07) is 13.9. The van der Waals surface area contributed by atoms with Crippen LogP contribution in [0.1, 0.15) is 44.8 Å². The molecule has 4 rings (SSSR count). The molecule has 1 unspecified atom stereocenters. The Kier molecular flexibility index (Phi) is 5.34. The van der Waals surface area contributed by atoms with E-state index in [2.05, 4.69) is 15.6 Å². The molecule has 3 aromatic rings. The number of rotatable bonds is 5. The zero-order valence-corrected chi connectivity index (χ0v) is 16.6. The summed E-state index contributed by atoms with van der Waals surface area (Å²) >= 11 is 0. The fourth-order valence-electron chi connectivity index (χ4n) is 3.25. The van der Waals surface area contributed by atoms with Crippen molar-refractivity contribution in [2.24, 2.45) is 0 Å². The van der Waals surface area contributed by atoms with Crippen LogP contribution in [0.4, 0.5) is 5.69 Å². The fraction of sp³-hybridized carbons (Fsp3) is 0.174. The number of carbonyl (C=O) groups is 2. The molecule has 0 spiro atoms. The van der Waals surface area contributed by atoms with E-state index in [4.69, 9.17) is 9.47 Å². The van der Waals surface area contributed by atoms with Gasteiger partial charge in [-0.05, 0) is 55.3 Å². The highest BCUT2D eigenvalue weighted by Gasteiger charge is 2.20. The predicted molar refractivity (Wildman–Crippen MR) is 112 cm³/mol. The zero-order chi connectivity index (χ0) is 21.1. The van der Waals surface area contributed by atoms with Crippen molar-refractivity contribution < 1.29 is 19.1 Å². The number of anilines is 1. The van der Waals surface area contributed by atoms with Crippen LogP contribution in [-0.2, 0) is 0 Å². The number of amides is 2. The molecule has 1 aliphatic rings. The van der Waals surface area contributed by atoms with Crippen LogP contribution in [-0.4, -0.2) is 23.6 Å². The van der Waals surface area contributed by atoms with Crippen molar-refractivity contribution in [2.75, 3.05) is 12.1 Å². The summed E-state index contributed by atoms with van der Waals surface area (Å²) in [5.41, 5.74) is 3.02. The molecule has 0 fully saturated rings. The minimum Gasteiger partial charge on any atom is -0.454 e. The van der Waals surface area contributed by atoms with E-state index in [1.165, 1.54) is 0 Å². The van der Waals surface area contributed by atoms with E-state index < -0.39 is 0 Å². The molecule has 1 aliphatic heterocycles. The fourth-order valence-corrected chi connectivity index (χ4v) is 3.25. The normalized spacial score (nSPS) is 12.9. The first-order valence-electron chi connectivity index (χ1n) is 9.54.